The minimum absolute atomic E-state index is 0.0409. The maximum atomic E-state index is 13.0. The van der Waals surface area contributed by atoms with Crippen LogP contribution in [0.2, 0.25) is 0 Å². The average molecular weight is 419 g/mol. The highest BCUT2D eigenvalue weighted by molar-refractivity contribution is 7.89. The van der Waals surface area contributed by atoms with Gasteiger partial charge in [-0.2, -0.15) is 4.31 Å². The summed E-state index contributed by atoms with van der Waals surface area (Å²) in [7, 11) is -3.77. The predicted molar refractivity (Wildman–Crippen MR) is 111 cm³/mol. The smallest absolute Gasteiger partial charge is 0.293 e. The Kier molecular flexibility index (Phi) is 6.49. The Morgan fingerprint density at radius 1 is 1.21 bits per heavy atom. The summed E-state index contributed by atoms with van der Waals surface area (Å²) in [5, 5.41) is 14.6. The van der Waals surface area contributed by atoms with E-state index < -0.39 is 14.9 Å². The maximum Gasteiger partial charge on any atom is 0.293 e. The number of benzene rings is 1. The monoisotopic (exact) mass is 418 g/mol. The Hall–Kier alpha value is -2.52. The molecule has 0 amide bonds. The Morgan fingerprint density at radius 3 is 2.55 bits per heavy atom. The van der Waals surface area contributed by atoms with Crippen molar-refractivity contribution >= 4 is 21.4 Å². The van der Waals surface area contributed by atoms with Gasteiger partial charge in [-0.05, 0) is 42.5 Å². The molecule has 1 aliphatic rings. The summed E-state index contributed by atoms with van der Waals surface area (Å²) < 4.78 is 27.5. The molecule has 1 aromatic carbocycles. The standard InChI is InChI=1S/C20H26N4O4S/c1-15-11-16(2)14-23(13-15)29(27,28)18-6-7-19(20(12-18)24(25)26)22-10-8-17-5-3-4-9-21-17/h3-7,9,12,15-16,22H,8,10-11,13-14H2,1-2H3/t15-,16+. The van der Waals surface area contributed by atoms with Gasteiger partial charge >= 0.3 is 0 Å². The van der Waals surface area contributed by atoms with Crippen molar-refractivity contribution in [1.29, 1.82) is 0 Å². The number of nitro groups is 1. The molecule has 8 nitrogen and oxygen atoms in total. The molecule has 156 valence electrons. The molecule has 29 heavy (non-hydrogen) atoms. The molecule has 1 saturated heterocycles. The quantitative estimate of drug-likeness (QED) is 0.546. The van der Waals surface area contributed by atoms with Crippen molar-refractivity contribution in [1.82, 2.24) is 9.29 Å². The largest absolute Gasteiger partial charge is 0.379 e. The fourth-order valence-corrected chi connectivity index (χ4v) is 5.49. The molecular weight excluding hydrogens is 392 g/mol. The van der Waals surface area contributed by atoms with E-state index in [2.05, 4.69) is 10.3 Å². The third kappa shape index (κ3) is 5.10. The number of anilines is 1. The third-order valence-corrected chi connectivity index (χ3v) is 6.89. The maximum absolute atomic E-state index is 13.0. The van der Waals surface area contributed by atoms with Crippen LogP contribution in [0, 0.1) is 22.0 Å². The lowest BCUT2D eigenvalue weighted by atomic mass is 9.94. The van der Waals surface area contributed by atoms with Crippen molar-refractivity contribution in [3.8, 4) is 0 Å². The molecule has 0 saturated carbocycles. The molecule has 3 rings (SSSR count). The Balaban J connectivity index is 1.79. The molecule has 0 spiro atoms. The van der Waals surface area contributed by atoms with Gasteiger partial charge in [-0.1, -0.05) is 19.9 Å². The van der Waals surface area contributed by atoms with Gasteiger partial charge in [0.15, 0.2) is 0 Å². The average Bonchev–Trinajstić information content (AvgIpc) is 2.68. The Bertz CT molecular complexity index is 956. The van der Waals surface area contributed by atoms with Crippen LogP contribution in [-0.2, 0) is 16.4 Å². The number of rotatable bonds is 7. The first-order chi connectivity index (χ1) is 13.8. The number of nitrogens with one attached hydrogen (secondary N) is 1. The zero-order valence-corrected chi connectivity index (χ0v) is 17.4. The van der Waals surface area contributed by atoms with Crippen LogP contribution in [0.15, 0.2) is 47.5 Å². The van der Waals surface area contributed by atoms with Crippen LogP contribution in [0.3, 0.4) is 0 Å². The first kappa shape index (κ1) is 21.2. The molecular formula is C20H26N4O4S. The zero-order valence-electron chi connectivity index (χ0n) is 16.6. The van der Waals surface area contributed by atoms with E-state index in [4.69, 9.17) is 0 Å². The minimum Gasteiger partial charge on any atom is -0.379 e. The van der Waals surface area contributed by atoms with Crippen LogP contribution in [0.5, 0.6) is 0 Å². The van der Waals surface area contributed by atoms with Crippen LogP contribution in [0.25, 0.3) is 0 Å². The summed E-state index contributed by atoms with van der Waals surface area (Å²) in [6, 6.07) is 9.65. The second kappa shape index (κ2) is 8.87. The van der Waals surface area contributed by atoms with Crippen molar-refractivity contribution in [2.45, 2.75) is 31.6 Å². The molecule has 0 unspecified atom stereocenters. The number of piperidine rings is 1. The van der Waals surface area contributed by atoms with Crippen molar-refractivity contribution in [3.05, 3.63) is 58.4 Å². The van der Waals surface area contributed by atoms with E-state index in [9.17, 15) is 18.5 Å². The lowest BCUT2D eigenvalue weighted by Crippen LogP contribution is -2.42. The Labute approximate surface area is 171 Å². The SMILES string of the molecule is C[C@@H]1C[C@H](C)CN(S(=O)(=O)c2ccc(NCCc3ccccn3)c([N+](=O)[O-])c2)C1. The van der Waals surface area contributed by atoms with Gasteiger partial charge < -0.3 is 5.32 Å². The number of sulfonamides is 1. The lowest BCUT2D eigenvalue weighted by Gasteiger charge is -2.34. The lowest BCUT2D eigenvalue weighted by molar-refractivity contribution is -0.384. The molecule has 0 bridgehead atoms. The van der Waals surface area contributed by atoms with E-state index in [1.807, 2.05) is 32.0 Å². The van der Waals surface area contributed by atoms with Crippen molar-refractivity contribution in [2.75, 3.05) is 25.0 Å². The predicted octanol–water partition coefficient (Wildman–Crippen LogP) is 3.31. The highest BCUT2D eigenvalue weighted by atomic mass is 32.2. The van der Waals surface area contributed by atoms with E-state index >= 15 is 0 Å². The summed E-state index contributed by atoms with van der Waals surface area (Å²) in [6.07, 6.45) is 3.27. The van der Waals surface area contributed by atoms with Crippen molar-refractivity contribution in [2.24, 2.45) is 11.8 Å². The van der Waals surface area contributed by atoms with E-state index in [0.717, 1.165) is 18.2 Å². The summed E-state index contributed by atoms with van der Waals surface area (Å²) in [5.74, 6) is 0.520. The topological polar surface area (TPSA) is 105 Å². The number of nitro benzene ring substituents is 1. The van der Waals surface area contributed by atoms with Crippen LogP contribution >= 0.6 is 0 Å². The van der Waals surface area contributed by atoms with E-state index in [1.54, 1.807) is 6.20 Å². The highest BCUT2D eigenvalue weighted by Gasteiger charge is 2.33. The molecule has 2 atom stereocenters. The fraction of sp³-hybridized carbons (Fsp3) is 0.450. The minimum atomic E-state index is -3.77. The van der Waals surface area contributed by atoms with Gasteiger partial charge in [-0.3, -0.25) is 15.1 Å². The van der Waals surface area contributed by atoms with E-state index in [1.165, 1.54) is 16.4 Å². The summed E-state index contributed by atoms with van der Waals surface area (Å²) in [4.78, 5) is 15.2. The molecule has 2 aromatic rings. The molecule has 2 heterocycles. The number of hydrogen-bond donors (Lipinski definition) is 1. The molecule has 1 aromatic heterocycles. The molecule has 0 radical (unpaired) electrons. The molecule has 1 aliphatic heterocycles. The molecule has 1 N–H and O–H groups in total. The number of hydrogen-bond acceptors (Lipinski definition) is 6. The normalized spacial score (nSPS) is 20.3. The second-order valence-corrected chi connectivity index (χ2v) is 9.64. The Morgan fingerprint density at radius 2 is 1.93 bits per heavy atom. The van der Waals surface area contributed by atoms with Crippen LogP contribution in [-0.4, -0.2) is 42.3 Å². The third-order valence-electron chi connectivity index (χ3n) is 5.06. The molecule has 9 heteroatoms. The van der Waals surface area contributed by atoms with Gasteiger partial charge in [0.05, 0.1) is 9.82 Å². The molecule has 1 fully saturated rings. The summed E-state index contributed by atoms with van der Waals surface area (Å²) >= 11 is 0. The first-order valence-corrected chi connectivity index (χ1v) is 11.1. The van der Waals surface area contributed by atoms with Gasteiger partial charge in [0.1, 0.15) is 5.69 Å². The number of pyridine rings is 1. The molecule has 0 aliphatic carbocycles. The summed E-state index contributed by atoms with van der Waals surface area (Å²) in [6.45, 7) is 5.37. The number of aromatic nitrogens is 1. The fourth-order valence-electron chi connectivity index (χ4n) is 3.79. The van der Waals surface area contributed by atoms with Crippen LogP contribution in [0.1, 0.15) is 26.0 Å². The van der Waals surface area contributed by atoms with E-state index in [-0.39, 0.29) is 22.4 Å². The van der Waals surface area contributed by atoms with Gasteiger partial charge in [0, 0.05) is 44.0 Å². The van der Waals surface area contributed by atoms with Gasteiger partial charge in [0.25, 0.3) is 5.69 Å². The van der Waals surface area contributed by atoms with E-state index in [0.29, 0.717) is 31.7 Å². The zero-order chi connectivity index (χ0) is 21.0. The van der Waals surface area contributed by atoms with Crippen molar-refractivity contribution < 1.29 is 13.3 Å². The van der Waals surface area contributed by atoms with Gasteiger partial charge in [0.2, 0.25) is 10.0 Å². The summed E-state index contributed by atoms with van der Waals surface area (Å²) in [5.41, 5.74) is 0.922. The van der Waals surface area contributed by atoms with Gasteiger partial charge in [-0.25, -0.2) is 8.42 Å². The van der Waals surface area contributed by atoms with Crippen LogP contribution in [0.4, 0.5) is 11.4 Å². The van der Waals surface area contributed by atoms with Gasteiger partial charge in [-0.15, -0.1) is 0 Å². The van der Waals surface area contributed by atoms with Crippen molar-refractivity contribution in [3.63, 3.8) is 0 Å². The van der Waals surface area contributed by atoms with Crippen LogP contribution < -0.4 is 5.32 Å². The number of nitrogens with zero attached hydrogens (tertiary/aromatic N) is 3. The highest BCUT2D eigenvalue weighted by Crippen LogP contribution is 2.31. The first-order valence-electron chi connectivity index (χ1n) is 9.69. The second-order valence-electron chi connectivity index (χ2n) is 7.70.